The molecule has 0 unspecified atom stereocenters. The number of amides is 2. The van der Waals surface area contributed by atoms with Gasteiger partial charge in [-0.15, -0.1) is 12.4 Å². The van der Waals surface area contributed by atoms with Crippen LogP contribution in [0.3, 0.4) is 0 Å². The predicted molar refractivity (Wildman–Crippen MR) is 89.8 cm³/mol. The van der Waals surface area contributed by atoms with E-state index in [1.54, 1.807) is 0 Å². The number of nitrogens with two attached hydrogens (primary N) is 1. The molecule has 1 saturated heterocycles. The van der Waals surface area contributed by atoms with Gasteiger partial charge in [0.15, 0.2) is 0 Å². The van der Waals surface area contributed by atoms with Gasteiger partial charge in [0.05, 0.1) is 6.42 Å². The van der Waals surface area contributed by atoms with Crippen LogP contribution in [0, 0.1) is 5.92 Å². The van der Waals surface area contributed by atoms with E-state index in [1.807, 2.05) is 29.2 Å². The van der Waals surface area contributed by atoms with E-state index in [0.717, 1.165) is 38.0 Å². The number of piperidine rings is 1. The maximum Gasteiger partial charge on any atom is 0.226 e. The largest absolute Gasteiger partial charge is 0.399 e. The number of halogens is 1. The first kappa shape index (κ1) is 18.3. The number of anilines is 1. The van der Waals surface area contributed by atoms with E-state index in [9.17, 15) is 9.59 Å². The van der Waals surface area contributed by atoms with Crippen LogP contribution in [0.2, 0.25) is 0 Å². The Hall–Kier alpha value is -1.75. The van der Waals surface area contributed by atoms with Crippen molar-refractivity contribution in [3.8, 4) is 0 Å². The number of hydrogen-bond acceptors (Lipinski definition) is 3. The van der Waals surface area contributed by atoms with Gasteiger partial charge < -0.3 is 16.0 Å². The lowest BCUT2D eigenvalue weighted by molar-refractivity contribution is -0.132. The van der Waals surface area contributed by atoms with Crippen molar-refractivity contribution in [2.24, 2.45) is 5.92 Å². The fourth-order valence-corrected chi connectivity index (χ4v) is 2.60. The Morgan fingerprint density at radius 1 is 1.23 bits per heavy atom. The number of rotatable bonds is 4. The van der Waals surface area contributed by atoms with Crippen LogP contribution >= 0.6 is 12.4 Å². The molecule has 1 aromatic carbocycles. The normalized spacial score (nSPS) is 15.0. The molecule has 1 aliphatic heterocycles. The third kappa shape index (κ3) is 5.56. The van der Waals surface area contributed by atoms with Gasteiger partial charge in [-0.25, -0.2) is 0 Å². The van der Waals surface area contributed by atoms with Gasteiger partial charge >= 0.3 is 0 Å². The third-order valence-electron chi connectivity index (χ3n) is 3.94. The molecule has 0 aliphatic carbocycles. The number of benzene rings is 1. The minimum atomic E-state index is 0. The van der Waals surface area contributed by atoms with E-state index in [4.69, 9.17) is 5.73 Å². The lowest BCUT2D eigenvalue weighted by Gasteiger charge is -2.32. The molecule has 6 heteroatoms. The molecule has 1 heterocycles. The minimum Gasteiger partial charge on any atom is -0.399 e. The van der Waals surface area contributed by atoms with Gasteiger partial charge in [0.1, 0.15) is 0 Å². The van der Waals surface area contributed by atoms with E-state index >= 15 is 0 Å². The summed E-state index contributed by atoms with van der Waals surface area (Å²) in [5, 5.41) is 2.85. The summed E-state index contributed by atoms with van der Waals surface area (Å²) in [6, 6.07) is 7.44. The monoisotopic (exact) mass is 325 g/mol. The molecular weight excluding hydrogens is 302 g/mol. The molecule has 1 fully saturated rings. The SMILES string of the molecule is CC(=O)NCC1CCN(C(=O)Cc2ccc(N)cc2)CC1.Cl. The molecule has 0 radical (unpaired) electrons. The van der Waals surface area contributed by atoms with Crippen molar-refractivity contribution in [3.05, 3.63) is 29.8 Å². The Morgan fingerprint density at radius 3 is 2.36 bits per heavy atom. The second-order valence-corrected chi connectivity index (χ2v) is 5.68. The summed E-state index contributed by atoms with van der Waals surface area (Å²) in [5.74, 6) is 0.657. The molecule has 0 atom stereocenters. The van der Waals surface area contributed by atoms with Crippen LogP contribution < -0.4 is 11.1 Å². The molecular formula is C16H24ClN3O2. The third-order valence-corrected chi connectivity index (χ3v) is 3.94. The second kappa shape index (κ2) is 8.63. The lowest BCUT2D eigenvalue weighted by atomic mass is 9.96. The molecule has 0 spiro atoms. The fourth-order valence-electron chi connectivity index (χ4n) is 2.60. The first-order chi connectivity index (χ1) is 10.0. The van der Waals surface area contributed by atoms with Crippen molar-refractivity contribution in [1.29, 1.82) is 0 Å². The number of carbonyl (C=O) groups is 2. The summed E-state index contributed by atoms with van der Waals surface area (Å²) in [6.45, 7) is 3.80. The topological polar surface area (TPSA) is 75.4 Å². The van der Waals surface area contributed by atoms with E-state index < -0.39 is 0 Å². The molecule has 0 bridgehead atoms. The Kier molecular flexibility index (Phi) is 7.18. The van der Waals surface area contributed by atoms with Gasteiger partial charge in [-0.2, -0.15) is 0 Å². The van der Waals surface area contributed by atoms with Gasteiger partial charge in [-0.3, -0.25) is 9.59 Å². The van der Waals surface area contributed by atoms with E-state index in [2.05, 4.69) is 5.32 Å². The number of nitrogens with zero attached hydrogens (tertiary/aromatic N) is 1. The van der Waals surface area contributed by atoms with Gasteiger partial charge in [-0.1, -0.05) is 12.1 Å². The van der Waals surface area contributed by atoms with Gasteiger partial charge in [-0.05, 0) is 36.5 Å². The highest BCUT2D eigenvalue weighted by Crippen LogP contribution is 2.17. The molecule has 22 heavy (non-hydrogen) atoms. The molecule has 2 rings (SSSR count). The van der Waals surface area contributed by atoms with Crippen LogP contribution in [-0.4, -0.2) is 36.3 Å². The van der Waals surface area contributed by atoms with Crippen LogP contribution in [0.25, 0.3) is 0 Å². The lowest BCUT2D eigenvalue weighted by Crippen LogP contribution is -2.41. The molecule has 122 valence electrons. The summed E-state index contributed by atoms with van der Waals surface area (Å²) in [4.78, 5) is 25.1. The number of carbonyl (C=O) groups excluding carboxylic acids is 2. The zero-order chi connectivity index (χ0) is 15.2. The van der Waals surface area contributed by atoms with E-state index in [0.29, 0.717) is 18.0 Å². The van der Waals surface area contributed by atoms with Crippen LogP contribution in [0.5, 0.6) is 0 Å². The van der Waals surface area contributed by atoms with Crippen molar-refractivity contribution < 1.29 is 9.59 Å². The Labute approximate surface area is 137 Å². The van der Waals surface area contributed by atoms with Crippen molar-refractivity contribution in [1.82, 2.24) is 10.2 Å². The number of likely N-dealkylation sites (tertiary alicyclic amines) is 1. The van der Waals surface area contributed by atoms with Crippen molar-refractivity contribution in [3.63, 3.8) is 0 Å². The van der Waals surface area contributed by atoms with E-state index in [1.165, 1.54) is 6.92 Å². The van der Waals surface area contributed by atoms with Crippen LogP contribution in [-0.2, 0) is 16.0 Å². The zero-order valence-corrected chi connectivity index (χ0v) is 13.7. The van der Waals surface area contributed by atoms with Crippen molar-refractivity contribution in [2.45, 2.75) is 26.2 Å². The second-order valence-electron chi connectivity index (χ2n) is 5.68. The maximum absolute atomic E-state index is 12.3. The number of hydrogen-bond donors (Lipinski definition) is 2. The molecule has 3 N–H and O–H groups in total. The Bertz CT molecular complexity index is 497. The average Bonchev–Trinajstić information content (AvgIpc) is 2.48. The fraction of sp³-hybridized carbons (Fsp3) is 0.500. The van der Waals surface area contributed by atoms with Crippen LogP contribution in [0.4, 0.5) is 5.69 Å². The Morgan fingerprint density at radius 2 is 1.82 bits per heavy atom. The number of nitrogen functional groups attached to an aromatic ring is 1. The molecule has 0 aromatic heterocycles. The van der Waals surface area contributed by atoms with E-state index in [-0.39, 0.29) is 24.2 Å². The summed E-state index contributed by atoms with van der Waals surface area (Å²) in [7, 11) is 0. The van der Waals surface area contributed by atoms with Gasteiger partial charge in [0.25, 0.3) is 0 Å². The summed E-state index contributed by atoms with van der Waals surface area (Å²) < 4.78 is 0. The first-order valence-corrected chi connectivity index (χ1v) is 7.41. The van der Waals surface area contributed by atoms with Gasteiger partial charge in [0.2, 0.25) is 11.8 Å². The van der Waals surface area contributed by atoms with Crippen LogP contribution in [0.15, 0.2) is 24.3 Å². The summed E-state index contributed by atoms with van der Waals surface area (Å²) in [5.41, 5.74) is 7.35. The highest BCUT2D eigenvalue weighted by Gasteiger charge is 2.22. The first-order valence-electron chi connectivity index (χ1n) is 7.41. The average molecular weight is 326 g/mol. The molecule has 0 saturated carbocycles. The molecule has 1 aliphatic rings. The molecule has 5 nitrogen and oxygen atoms in total. The van der Waals surface area contributed by atoms with Crippen LogP contribution in [0.1, 0.15) is 25.3 Å². The van der Waals surface area contributed by atoms with Crippen molar-refractivity contribution in [2.75, 3.05) is 25.4 Å². The standard InChI is InChI=1S/C16H23N3O2.ClH/c1-12(20)18-11-14-6-8-19(9-7-14)16(21)10-13-2-4-15(17)5-3-13;/h2-5,14H,6-11,17H2,1H3,(H,18,20);1H. The highest BCUT2D eigenvalue weighted by atomic mass is 35.5. The highest BCUT2D eigenvalue weighted by molar-refractivity contribution is 5.85. The maximum atomic E-state index is 12.3. The number of nitrogens with one attached hydrogen (secondary N) is 1. The zero-order valence-electron chi connectivity index (χ0n) is 12.9. The Balaban J connectivity index is 0.00000242. The summed E-state index contributed by atoms with van der Waals surface area (Å²) >= 11 is 0. The smallest absolute Gasteiger partial charge is 0.226 e. The predicted octanol–water partition coefficient (Wildman–Crippen LogP) is 1.61. The molecule has 1 aromatic rings. The molecule has 2 amide bonds. The van der Waals surface area contributed by atoms with Gasteiger partial charge in [0, 0.05) is 32.2 Å². The quantitative estimate of drug-likeness (QED) is 0.826. The minimum absolute atomic E-state index is 0. The van der Waals surface area contributed by atoms with Crippen molar-refractivity contribution >= 4 is 29.9 Å². The summed E-state index contributed by atoms with van der Waals surface area (Å²) in [6.07, 6.45) is 2.33.